The van der Waals surface area contributed by atoms with E-state index in [2.05, 4.69) is 97.4 Å². The average molecular weight is 989 g/mol. The molecule has 4 aliphatic rings. The fourth-order valence-electron chi connectivity index (χ4n) is 6.14. The van der Waals surface area contributed by atoms with Crippen LogP contribution in [0.5, 0.6) is 0 Å². The summed E-state index contributed by atoms with van der Waals surface area (Å²) < 4.78 is 73.8. The summed E-state index contributed by atoms with van der Waals surface area (Å²) in [5.41, 5.74) is 10.1. The lowest BCUT2D eigenvalue weighted by atomic mass is 10.1. The van der Waals surface area contributed by atoms with E-state index < -0.39 is 89.4 Å². The van der Waals surface area contributed by atoms with Crippen molar-refractivity contribution in [3.8, 4) is 0 Å². The van der Waals surface area contributed by atoms with Gasteiger partial charge in [0.15, 0.2) is 59.6 Å². The van der Waals surface area contributed by atoms with Crippen molar-refractivity contribution in [2.75, 3.05) is 31.3 Å². The van der Waals surface area contributed by atoms with E-state index in [0.29, 0.717) is 0 Å². The number of rotatable bonds is 10. The van der Waals surface area contributed by atoms with E-state index in [1.54, 1.807) is 0 Å². The van der Waals surface area contributed by atoms with Gasteiger partial charge in [-0.15, -0.1) is 0 Å². The number of allylic oxidation sites excluding steroid dienone is 1. The maximum absolute atomic E-state index is 14.6. The van der Waals surface area contributed by atoms with Gasteiger partial charge in [-0.1, -0.05) is 61.3 Å². The van der Waals surface area contributed by atoms with E-state index in [0.717, 1.165) is 14.0 Å². The third kappa shape index (κ3) is 13.5. The number of ketones is 1. The highest BCUT2D eigenvalue weighted by molar-refractivity contribution is 6.74. The first-order chi connectivity index (χ1) is 29.9. The van der Waals surface area contributed by atoms with Crippen molar-refractivity contribution in [2.24, 2.45) is 0 Å². The molecule has 0 unspecified atom stereocenters. The zero-order valence-electron chi connectivity index (χ0n) is 39.9. The van der Waals surface area contributed by atoms with Gasteiger partial charge in [-0.2, -0.15) is 9.97 Å². The molecule has 24 heteroatoms. The number of alkyl halides is 3. The molecule has 9 atom stereocenters. The number of aliphatic hydroxyl groups is 1. The second kappa shape index (κ2) is 22.6. The molecule has 67 heavy (non-hydrogen) atoms. The molecule has 0 bridgehead atoms. The van der Waals surface area contributed by atoms with Crippen LogP contribution in [0, 0.1) is 0 Å². The molecule has 2 aromatic heterocycles. The third-order valence-corrected chi connectivity index (χ3v) is 21.5. The van der Waals surface area contributed by atoms with Crippen molar-refractivity contribution >= 4 is 40.0 Å². The number of nitrogens with zero attached hydrogens (tertiary/aromatic N) is 5. The summed E-state index contributed by atoms with van der Waals surface area (Å²) in [4.78, 5) is 54.8. The zero-order chi connectivity index (χ0) is 49.1. The van der Waals surface area contributed by atoms with Gasteiger partial charge in [0.05, 0.1) is 26.2 Å². The first kappa shape index (κ1) is 58.5. The number of hydrogen-bond donors (Lipinski definition) is 4. The van der Waals surface area contributed by atoms with E-state index in [1.165, 1.54) is 36.8 Å². The molecule has 2 aromatic rings. The number of nitrogens with two attached hydrogens (primary N) is 2. The van der Waals surface area contributed by atoms with Crippen LogP contribution in [0.1, 0.15) is 60.4 Å². The molecule has 0 saturated carbocycles. The first-order valence-electron chi connectivity index (χ1n) is 21.0. The van der Waals surface area contributed by atoms with E-state index >= 15 is 0 Å². The lowest BCUT2D eigenvalue weighted by Crippen LogP contribution is -2.44. The molecule has 1 amide bonds. The van der Waals surface area contributed by atoms with Gasteiger partial charge < -0.3 is 45.8 Å². The van der Waals surface area contributed by atoms with Crippen LogP contribution < -0.4 is 29.0 Å². The van der Waals surface area contributed by atoms with Gasteiger partial charge in [0.25, 0.3) is 0 Å². The summed E-state index contributed by atoms with van der Waals surface area (Å²) in [6, 6.07) is 2.80. The van der Waals surface area contributed by atoms with Gasteiger partial charge in [-0.05, 0) is 71.2 Å². The molecule has 8 N–H and O–H groups in total. The summed E-state index contributed by atoms with van der Waals surface area (Å²) in [5.74, 6) is -0.617. The average Bonchev–Trinajstić information content (AvgIpc) is 3.76. The van der Waals surface area contributed by atoms with Crippen LogP contribution in [0.2, 0.25) is 36.3 Å². The fourth-order valence-corrected chi connectivity index (χ4v) is 8.14. The van der Waals surface area contributed by atoms with Gasteiger partial charge in [0.2, 0.25) is 5.91 Å². The van der Waals surface area contributed by atoms with E-state index in [4.69, 9.17) is 39.6 Å². The van der Waals surface area contributed by atoms with Gasteiger partial charge in [0, 0.05) is 18.6 Å². The van der Waals surface area contributed by atoms with Gasteiger partial charge in [-0.3, -0.25) is 28.3 Å². The summed E-state index contributed by atoms with van der Waals surface area (Å²) in [6.45, 7) is 32.3. The molecule has 6 rings (SSSR count). The molecular formula is C43H68F4N8O10Si2. The first-order valence-corrected chi connectivity index (χ1v) is 26.8. The number of aliphatic hydroxyl groups excluding tert-OH is 1. The number of carbonyl (C=O) groups is 2. The number of halogens is 4. The van der Waals surface area contributed by atoms with Crippen molar-refractivity contribution in [1.29, 1.82) is 0 Å². The maximum atomic E-state index is 14.6. The Labute approximate surface area is 390 Å². The van der Waals surface area contributed by atoms with Crippen LogP contribution >= 0.6 is 0 Å². The molecular weight excluding hydrogens is 921 g/mol. The Morgan fingerprint density at radius 3 is 1.42 bits per heavy atom. The molecule has 18 nitrogen and oxygen atoms in total. The van der Waals surface area contributed by atoms with Crippen molar-refractivity contribution in [1.82, 2.24) is 30.2 Å². The van der Waals surface area contributed by atoms with Crippen LogP contribution in [0.15, 0.2) is 82.8 Å². The summed E-state index contributed by atoms with van der Waals surface area (Å²) in [7, 11) is -3.98. The highest BCUT2D eigenvalue weighted by atomic mass is 28.4. The number of anilines is 2. The third-order valence-electron chi connectivity index (χ3n) is 12.5. The van der Waals surface area contributed by atoms with Gasteiger partial charge >= 0.3 is 11.4 Å². The quantitative estimate of drug-likeness (QED) is 0.0991. The standard InChI is InChI=1S/C17H26FNO4Si.C16H26FN3O3Si.C10H12FN3O3.FH.H3N/c1-11-13(10-22-24(5,6)17(2,3)4)23-16(15(11)18)19-8-7-12(20)9-14(19)21;1-10-11(9-22-24(5,6)16(2,3)4)23-14(13(10)17)20-8-7-12(18)19-15(20)21;1-5-6(4-15)17-9(8(5)11)14-3-2-7(12)13-10(14)16;;/h7-8,13,15-16H,1,9-10H2,2-6H3;7-8,11,13-14H,1,9H2,2-6H3,(H2,18,19,21);2-3,6,8-9,15H,1,4H2,(H2,12,13,16);1H;1H3/t13-,15+,16-;11-,13+,14-;6-,8+,9-;;/m000../s1. The van der Waals surface area contributed by atoms with E-state index in [9.17, 15) is 32.3 Å². The Morgan fingerprint density at radius 2 is 1.07 bits per heavy atom. The maximum Gasteiger partial charge on any atom is 0.351 e. The summed E-state index contributed by atoms with van der Waals surface area (Å²) >= 11 is 0. The molecule has 0 spiro atoms. The summed E-state index contributed by atoms with van der Waals surface area (Å²) in [6.07, 6.45) is -4.91. The number of nitrogen functional groups attached to an aromatic ring is 2. The van der Waals surface area contributed by atoms with Gasteiger partial charge in [0.1, 0.15) is 29.9 Å². The number of carbonyl (C=O) groups excluding carboxylic acids is 2. The van der Waals surface area contributed by atoms with Crippen molar-refractivity contribution in [2.45, 2.75) is 140 Å². The SMILES string of the molecule is C=C1[C@H](CO)O[C@H](n2ccc(N)nc2=O)[C@@H]1F.C=C1[C@H](CO[Si](C)(C)C(C)(C)C)O[C@H](N2C=CC(=O)CC2=O)[C@@H]1F.C=C1[C@H](CO[Si](C)(C)C(C)(C)C)O[C@H](n2ccc(N)nc2=O)[C@@H]1F.F.N. The smallest absolute Gasteiger partial charge is 0.351 e. The van der Waals surface area contributed by atoms with Crippen LogP contribution in [0.4, 0.5) is 29.5 Å². The molecule has 3 fully saturated rings. The van der Waals surface area contributed by atoms with Crippen LogP contribution in [-0.2, 0) is 32.7 Å². The minimum atomic E-state index is -1.99. The molecule has 0 aliphatic carbocycles. The van der Waals surface area contributed by atoms with Crippen molar-refractivity contribution < 1.29 is 55.6 Å². The second-order valence-corrected chi connectivity index (χ2v) is 28.8. The largest absolute Gasteiger partial charge is 0.414 e. The Hall–Kier alpha value is -4.67. The number of amides is 1. The lowest BCUT2D eigenvalue weighted by Gasteiger charge is -2.37. The molecule has 0 radical (unpaired) electrons. The molecule has 3 saturated heterocycles. The lowest BCUT2D eigenvalue weighted by molar-refractivity contribution is -0.146. The van der Waals surface area contributed by atoms with Crippen LogP contribution in [-0.4, -0.2) is 120 Å². The minimum Gasteiger partial charge on any atom is -0.414 e. The zero-order valence-corrected chi connectivity index (χ0v) is 41.9. The fraction of sp³-hybridized carbons (Fsp3) is 0.581. The van der Waals surface area contributed by atoms with Crippen LogP contribution in [0.3, 0.4) is 0 Å². The molecule has 6 heterocycles. The van der Waals surface area contributed by atoms with Gasteiger partial charge in [-0.25, -0.2) is 22.8 Å². The Balaban J connectivity index is 0.000000345. The van der Waals surface area contributed by atoms with E-state index in [-0.39, 0.29) is 81.3 Å². The highest BCUT2D eigenvalue weighted by Crippen LogP contribution is 2.41. The molecule has 4 aliphatic heterocycles. The van der Waals surface area contributed by atoms with Crippen molar-refractivity contribution in [3.63, 3.8) is 0 Å². The normalized spacial score (nSPS) is 26.6. The summed E-state index contributed by atoms with van der Waals surface area (Å²) in [5, 5.41) is 9.03. The Kier molecular flexibility index (Phi) is 19.7. The number of hydrogen-bond acceptors (Lipinski definition) is 15. The van der Waals surface area contributed by atoms with Crippen molar-refractivity contribution in [3.05, 3.63) is 94.2 Å². The molecule has 0 aromatic carbocycles. The Morgan fingerprint density at radius 1 is 0.716 bits per heavy atom. The van der Waals surface area contributed by atoms with Crippen LogP contribution in [0.25, 0.3) is 0 Å². The highest BCUT2D eigenvalue weighted by Gasteiger charge is 2.47. The predicted molar refractivity (Wildman–Crippen MR) is 251 cm³/mol. The molecule has 376 valence electrons. The van der Waals surface area contributed by atoms with E-state index in [1.807, 2.05) is 0 Å². The number of aromatic nitrogens is 4. The monoisotopic (exact) mass is 988 g/mol. The number of ether oxygens (including phenoxy) is 3. The Bertz CT molecular complexity index is 2270. The predicted octanol–water partition coefficient (Wildman–Crippen LogP) is 5.51. The topological polar surface area (TPSA) is 261 Å². The second-order valence-electron chi connectivity index (χ2n) is 19.1. The minimum absolute atomic E-state index is 0.